The van der Waals surface area contributed by atoms with E-state index in [9.17, 15) is 13.6 Å². The monoisotopic (exact) mass is 393 g/mol. The number of anilines is 1. The van der Waals surface area contributed by atoms with Crippen molar-refractivity contribution in [3.8, 4) is 0 Å². The van der Waals surface area contributed by atoms with Gasteiger partial charge in [0.2, 0.25) is 0 Å². The van der Waals surface area contributed by atoms with Crippen molar-refractivity contribution < 1.29 is 13.6 Å². The van der Waals surface area contributed by atoms with Crippen LogP contribution in [-0.2, 0) is 6.54 Å². The lowest BCUT2D eigenvalue weighted by Gasteiger charge is -2.12. The third-order valence-electron chi connectivity index (χ3n) is 3.58. The van der Waals surface area contributed by atoms with Gasteiger partial charge in [0.15, 0.2) is 0 Å². The molecule has 0 aliphatic heterocycles. The van der Waals surface area contributed by atoms with Crippen LogP contribution in [0.2, 0.25) is 5.02 Å². The minimum atomic E-state index is -2.60. The lowest BCUT2D eigenvalue weighted by molar-refractivity contribution is 0.102. The molecule has 2 aromatic carbocycles. The van der Waals surface area contributed by atoms with Gasteiger partial charge in [0.1, 0.15) is 5.82 Å². The summed E-state index contributed by atoms with van der Waals surface area (Å²) in [5.74, 6) is -2.63. The quantitative estimate of drug-likeness (QED) is 0.589. The minimum Gasteiger partial charge on any atom is -0.307 e. The van der Waals surface area contributed by atoms with Crippen LogP contribution >= 0.6 is 23.4 Å². The Kier molecular flexibility index (Phi) is 5.90. The molecule has 3 rings (SSSR count). The van der Waals surface area contributed by atoms with Gasteiger partial charge in [0, 0.05) is 16.0 Å². The predicted octanol–water partition coefficient (Wildman–Crippen LogP) is 5.15. The van der Waals surface area contributed by atoms with Crippen LogP contribution in [0.5, 0.6) is 0 Å². The second-order valence-corrected chi connectivity index (χ2v) is 6.73. The third-order valence-corrected chi connectivity index (χ3v) is 4.74. The van der Waals surface area contributed by atoms with Crippen molar-refractivity contribution in [3.05, 3.63) is 76.9 Å². The first-order valence-corrected chi connectivity index (χ1v) is 8.91. The molecule has 3 aromatic rings. The topological polar surface area (TPSA) is 46.9 Å². The van der Waals surface area contributed by atoms with E-state index in [0.29, 0.717) is 29.1 Å². The molecule has 26 heavy (non-hydrogen) atoms. The molecule has 0 fully saturated rings. The third kappa shape index (κ3) is 4.42. The van der Waals surface area contributed by atoms with E-state index in [0.717, 1.165) is 5.56 Å². The van der Waals surface area contributed by atoms with Crippen LogP contribution in [0.3, 0.4) is 0 Å². The minimum absolute atomic E-state index is 0.184. The van der Waals surface area contributed by atoms with Gasteiger partial charge in [-0.15, -0.1) is 0 Å². The number of nitrogens with one attached hydrogen (secondary N) is 1. The molecule has 134 valence electrons. The number of hydrogen-bond donors (Lipinski definition) is 1. The number of carbonyl (C=O) groups excluding carboxylic acids is 1. The van der Waals surface area contributed by atoms with E-state index >= 15 is 0 Å². The smallest absolute Gasteiger partial charge is 0.288 e. The molecule has 1 heterocycles. The van der Waals surface area contributed by atoms with Gasteiger partial charge in [-0.05, 0) is 23.8 Å². The Morgan fingerprint density at radius 3 is 2.65 bits per heavy atom. The van der Waals surface area contributed by atoms with Gasteiger partial charge < -0.3 is 5.32 Å². The lowest BCUT2D eigenvalue weighted by atomic mass is 10.2. The summed E-state index contributed by atoms with van der Waals surface area (Å²) in [4.78, 5) is 12.8. The maximum absolute atomic E-state index is 12.7. The van der Waals surface area contributed by atoms with Crippen LogP contribution in [0.15, 0.2) is 65.7 Å². The molecule has 1 aromatic heterocycles. The number of nitrogens with zero attached hydrogens (tertiary/aromatic N) is 2. The van der Waals surface area contributed by atoms with Crippen molar-refractivity contribution in [2.24, 2.45) is 0 Å². The highest BCUT2D eigenvalue weighted by molar-refractivity contribution is 7.99. The van der Waals surface area contributed by atoms with Crippen molar-refractivity contribution in [2.75, 3.05) is 5.32 Å². The maximum atomic E-state index is 12.7. The normalized spacial score (nSPS) is 10.9. The van der Waals surface area contributed by atoms with E-state index in [1.165, 1.54) is 12.1 Å². The number of alkyl halides is 2. The largest absolute Gasteiger partial charge is 0.307 e. The number of hydrogen-bond acceptors (Lipinski definition) is 3. The number of amides is 1. The summed E-state index contributed by atoms with van der Waals surface area (Å²) in [6.07, 6.45) is 1.55. The molecule has 0 aliphatic rings. The van der Waals surface area contributed by atoms with E-state index < -0.39 is 11.7 Å². The number of rotatable bonds is 6. The van der Waals surface area contributed by atoms with Crippen molar-refractivity contribution in [1.82, 2.24) is 9.78 Å². The van der Waals surface area contributed by atoms with Gasteiger partial charge in [-0.25, -0.2) is 4.68 Å². The van der Waals surface area contributed by atoms with E-state index in [1.807, 2.05) is 18.2 Å². The van der Waals surface area contributed by atoms with E-state index in [2.05, 4.69) is 10.4 Å². The molecule has 0 radical (unpaired) electrons. The number of halogens is 3. The molecular weight excluding hydrogens is 380 g/mol. The lowest BCUT2D eigenvalue weighted by Crippen LogP contribution is -2.17. The van der Waals surface area contributed by atoms with Crippen molar-refractivity contribution >= 4 is 35.1 Å². The Labute approximate surface area is 158 Å². The second-order valence-electron chi connectivity index (χ2n) is 5.29. The van der Waals surface area contributed by atoms with Gasteiger partial charge >= 0.3 is 0 Å². The van der Waals surface area contributed by atoms with E-state index in [-0.39, 0.29) is 10.5 Å². The summed E-state index contributed by atoms with van der Waals surface area (Å²) < 4.78 is 27.0. The van der Waals surface area contributed by atoms with Crippen LogP contribution in [0.1, 0.15) is 15.9 Å². The first kappa shape index (κ1) is 18.4. The molecule has 4 nitrogen and oxygen atoms in total. The van der Waals surface area contributed by atoms with Gasteiger partial charge in [-0.2, -0.15) is 13.9 Å². The van der Waals surface area contributed by atoms with Gasteiger partial charge in [0.25, 0.3) is 11.7 Å². The summed E-state index contributed by atoms with van der Waals surface area (Å²) in [6.45, 7) is 0.371. The summed E-state index contributed by atoms with van der Waals surface area (Å²) >= 11 is 6.50. The first-order chi connectivity index (χ1) is 12.5. The molecule has 0 saturated carbocycles. The molecule has 0 saturated heterocycles. The average Bonchev–Trinajstić information content (AvgIpc) is 3.03. The molecule has 1 amide bonds. The fourth-order valence-electron chi connectivity index (χ4n) is 2.39. The van der Waals surface area contributed by atoms with Crippen molar-refractivity contribution in [1.29, 1.82) is 0 Å². The fraction of sp³-hybridized carbons (Fsp3) is 0.111. The Morgan fingerprint density at radius 2 is 1.88 bits per heavy atom. The van der Waals surface area contributed by atoms with Gasteiger partial charge in [-0.3, -0.25) is 4.79 Å². The fourth-order valence-corrected chi connectivity index (χ4v) is 3.22. The Morgan fingerprint density at radius 1 is 1.15 bits per heavy atom. The molecule has 1 N–H and O–H groups in total. The van der Waals surface area contributed by atoms with Gasteiger partial charge in [0.05, 0.1) is 18.3 Å². The number of aromatic nitrogens is 2. The summed E-state index contributed by atoms with van der Waals surface area (Å²) in [5.41, 5.74) is 1.03. The molecule has 0 bridgehead atoms. The molecule has 0 aliphatic carbocycles. The van der Waals surface area contributed by atoms with Crippen LogP contribution in [-0.4, -0.2) is 21.4 Å². The highest BCUT2D eigenvalue weighted by Crippen LogP contribution is 2.29. The zero-order chi connectivity index (χ0) is 18.5. The van der Waals surface area contributed by atoms with Gasteiger partial charge in [-0.1, -0.05) is 53.7 Å². The first-order valence-electron chi connectivity index (χ1n) is 7.65. The zero-order valence-electron chi connectivity index (χ0n) is 13.4. The van der Waals surface area contributed by atoms with Crippen molar-refractivity contribution in [2.45, 2.75) is 17.2 Å². The Hall–Kier alpha value is -2.38. The number of thioether (sulfide) groups is 1. The molecular formula is C18H14ClF2N3OS. The Balaban J connectivity index is 1.80. The molecule has 0 spiro atoms. The predicted molar refractivity (Wildman–Crippen MR) is 99.0 cm³/mol. The summed E-state index contributed by atoms with van der Waals surface area (Å²) in [7, 11) is 0. The number of carbonyl (C=O) groups is 1. The van der Waals surface area contributed by atoms with Crippen LogP contribution < -0.4 is 5.32 Å². The van der Waals surface area contributed by atoms with E-state index in [1.54, 1.807) is 35.1 Å². The molecule has 0 atom stereocenters. The van der Waals surface area contributed by atoms with Crippen LogP contribution in [0, 0.1) is 0 Å². The Bertz CT molecular complexity index is 917. The second kappa shape index (κ2) is 8.33. The summed E-state index contributed by atoms with van der Waals surface area (Å²) in [5, 5.41) is 7.50. The highest BCUT2D eigenvalue weighted by atomic mass is 35.5. The SMILES string of the molecule is O=C(Nc1ccnn1Cc1ccccc1Cl)c1ccccc1SC(F)F. The molecule has 0 unspecified atom stereocenters. The summed E-state index contributed by atoms with van der Waals surface area (Å²) in [6, 6.07) is 15.2. The van der Waals surface area contributed by atoms with E-state index in [4.69, 9.17) is 11.6 Å². The molecule has 8 heteroatoms. The zero-order valence-corrected chi connectivity index (χ0v) is 15.0. The average molecular weight is 394 g/mol. The van der Waals surface area contributed by atoms with Crippen LogP contribution in [0.4, 0.5) is 14.6 Å². The highest BCUT2D eigenvalue weighted by Gasteiger charge is 2.17. The number of benzene rings is 2. The van der Waals surface area contributed by atoms with Crippen molar-refractivity contribution in [3.63, 3.8) is 0 Å². The standard InChI is InChI=1S/C18H14ClF2N3OS/c19-14-7-3-1-5-12(14)11-24-16(9-10-22-24)23-17(25)13-6-2-4-8-15(13)26-18(20)21/h1-10,18H,11H2,(H,23,25). The maximum Gasteiger partial charge on any atom is 0.288 e. The van der Waals surface area contributed by atoms with Crippen LogP contribution in [0.25, 0.3) is 0 Å².